The predicted octanol–water partition coefficient (Wildman–Crippen LogP) is -0.178. The molecule has 0 bridgehead atoms. The second-order valence-corrected chi connectivity index (χ2v) is 4.49. The molecular weight excluding hydrogens is 220 g/mol. The van der Waals surface area contributed by atoms with E-state index >= 15 is 0 Å². The van der Waals surface area contributed by atoms with Gasteiger partial charge >= 0.3 is 0 Å². The van der Waals surface area contributed by atoms with E-state index in [2.05, 4.69) is 22.3 Å². The Morgan fingerprint density at radius 2 is 2.47 bits per heavy atom. The monoisotopic (exact) mass is 244 g/mol. The lowest BCUT2D eigenvalue weighted by Gasteiger charge is -2.32. The van der Waals surface area contributed by atoms with Gasteiger partial charge in [0.1, 0.15) is 5.84 Å². The van der Waals surface area contributed by atoms with Crippen molar-refractivity contribution in [3.63, 3.8) is 0 Å². The van der Waals surface area contributed by atoms with Gasteiger partial charge in [0.15, 0.2) is 0 Å². The number of nitrogens with zero attached hydrogens (tertiary/aromatic N) is 2. The van der Waals surface area contributed by atoms with Crippen LogP contribution in [0.3, 0.4) is 0 Å². The van der Waals surface area contributed by atoms with Crippen molar-refractivity contribution in [2.45, 2.75) is 32.4 Å². The lowest BCUT2D eigenvalue weighted by atomic mass is 10.2. The molecule has 0 radical (unpaired) electrons. The van der Waals surface area contributed by atoms with Crippen LogP contribution >= 0.6 is 0 Å². The van der Waals surface area contributed by atoms with Crippen LogP contribution in [0.25, 0.3) is 0 Å². The molecule has 2 atom stereocenters. The first-order chi connectivity index (χ1) is 8.15. The minimum Gasteiger partial charge on any atom is -0.409 e. The summed E-state index contributed by atoms with van der Waals surface area (Å²) in [5.41, 5.74) is 5.45. The van der Waals surface area contributed by atoms with Crippen molar-refractivity contribution in [3.8, 4) is 0 Å². The van der Waals surface area contributed by atoms with Crippen LogP contribution in [-0.2, 0) is 4.74 Å². The topological polar surface area (TPSA) is 83.1 Å². The normalized spacial score (nSPS) is 24.8. The highest BCUT2D eigenvalue weighted by Crippen LogP contribution is 2.04. The van der Waals surface area contributed by atoms with Crippen molar-refractivity contribution >= 4 is 5.84 Å². The first-order valence-electron chi connectivity index (χ1n) is 6.19. The average Bonchev–Trinajstić information content (AvgIpc) is 2.36. The molecule has 6 heteroatoms. The van der Waals surface area contributed by atoms with Crippen LogP contribution in [0.5, 0.6) is 0 Å². The lowest BCUT2D eigenvalue weighted by Crippen LogP contribution is -2.48. The SMILES string of the molecule is CCN1CCOC(CNC(C)CC(N)=NO)C1. The maximum absolute atomic E-state index is 8.47. The molecule has 4 N–H and O–H groups in total. The Morgan fingerprint density at radius 3 is 3.12 bits per heavy atom. The maximum Gasteiger partial charge on any atom is 0.140 e. The van der Waals surface area contributed by atoms with Crippen molar-refractivity contribution in [1.82, 2.24) is 10.2 Å². The van der Waals surface area contributed by atoms with E-state index in [9.17, 15) is 0 Å². The van der Waals surface area contributed by atoms with Gasteiger partial charge in [0, 0.05) is 32.1 Å². The third kappa shape index (κ3) is 5.34. The van der Waals surface area contributed by atoms with Crippen LogP contribution in [0.1, 0.15) is 20.3 Å². The van der Waals surface area contributed by atoms with Gasteiger partial charge in [-0.3, -0.25) is 4.90 Å². The van der Waals surface area contributed by atoms with Crippen LogP contribution in [0.2, 0.25) is 0 Å². The number of hydrogen-bond acceptors (Lipinski definition) is 5. The zero-order valence-corrected chi connectivity index (χ0v) is 10.7. The molecular formula is C11H24N4O2. The predicted molar refractivity (Wildman–Crippen MR) is 67.3 cm³/mol. The second kappa shape index (κ2) is 7.47. The highest BCUT2D eigenvalue weighted by Gasteiger charge is 2.19. The molecule has 6 nitrogen and oxygen atoms in total. The molecule has 0 aliphatic carbocycles. The van der Waals surface area contributed by atoms with Crippen molar-refractivity contribution in [2.75, 3.05) is 32.8 Å². The van der Waals surface area contributed by atoms with E-state index in [1.807, 2.05) is 6.92 Å². The summed E-state index contributed by atoms with van der Waals surface area (Å²) in [5.74, 6) is 0.254. The molecule has 0 spiro atoms. The lowest BCUT2D eigenvalue weighted by molar-refractivity contribution is -0.0260. The van der Waals surface area contributed by atoms with Gasteiger partial charge in [-0.25, -0.2) is 0 Å². The Labute approximate surface area is 103 Å². The maximum atomic E-state index is 8.47. The number of likely N-dealkylation sites (N-methyl/N-ethyl adjacent to an activating group) is 1. The van der Waals surface area contributed by atoms with Crippen LogP contribution in [0.4, 0.5) is 0 Å². The van der Waals surface area contributed by atoms with Gasteiger partial charge in [0.25, 0.3) is 0 Å². The summed E-state index contributed by atoms with van der Waals surface area (Å²) in [6.45, 7) is 8.84. The number of hydrogen-bond donors (Lipinski definition) is 3. The molecule has 0 aromatic carbocycles. The van der Waals surface area contributed by atoms with E-state index in [4.69, 9.17) is 15.7 Å². The van der Waals surface area contributed by atoms with Gasteiger partial charge in [0.2, 0.25) is 0 Å². The second-order valence-electron chi connectivity index (χ2n) is 4.49. The van der Waals surface area contributed by atoms with E-state index in [0.29, 0.717) is 6.42 Å². The summed E-state index contributed by atoms with van der Waals surface area (Å²) in [6.07, 6.45) is 0.777. The molecule has 0 aromatic heterocycles. The largest absolute Gasteiger partial charge is 0.409 e. The zero-order valence-electron chi connectivity index (χ0n) is 10.7. The fourth-order valence-electron chi connectivity index (χ4n) is 1.95. The van der Waals surface area contributed by atoms with Crippen molar-refractivity contribution < 1.29 is 9.94 Å². The first-order valence-corrected chi connectivity index (χ1v) is 6.19. The molecule has 100 valence electrons. The summed E-state index contributed by atoms with van der Waals surface area (Å²) < 4.78 is 5.68. The van der Waals surface area contributed by atoms with E-state index in [1.54, 1.807) is 0 Å². The van der Waals surface area contributed by atoms with Crippen LogP contribution < -0.4 is 11.1 Å². The van der Waals surface area contributed by atoms with Crippen molar-refractivity contribution in [3.05, 3.63) is 0 Å². The molecule has 17 heavy (non-hydrogen) atoms. The Morgan fingerprint density at radius 1 is 1.71 bits per heavy atom. The quantitative estimate of drug-likeness (QED) is 0.261. The number of amidine groups is 1. The number of ether oxygens (including phenoxy) is 1. The number of oxime groups is 1. The van der Waals surface area contributed by atoms with Gasteiger partial charge in [-0.05, 0) is 13.5 Å². The molecule has 1 aliphatic rings. The molecule has 1 saturated heterocycles. The highest BCUT2D eigenvalue weighted by molar-refractivity contribution is 5.80. The van der Waals surface area contributed by atoms with E-state index in [-0.39, 0.29) is 18.0 Å². The van der Waals surface area contributed by atoms with Crippen molar-refractivity contribution in [1.29, 1.82) is 0 Å². The van der Waals surface area contributed by atoms with Gasteiger partial charge in [-0.1, -0.05) is 12.1 Å². The minimum atomic E-state index is 0.187. The number of nitrogens with two attached hydrogens (primary N) is 1. The Hall–Kier alpha value is -0.850. The molecule has 1 aliphatic heterocycles. The summed E-state index contributed by atoms with van der Waals surface area (Å²) in [6, 6.07) is 0.187. The third-order valence-corrected chi connectivity index (χ3v) is 3.01. The smallest absolute Gasteiger partial charge is 0.140 e. The van der Waals surface area contributed by atoms with E-state index in [0.717, 1.165) is 32.8 Å². The van der Waals surface area contributed by atoms with E-state index in [1.165, 1.54) is 0 Å². The van der Waals surface area contributed by atoms with Crippen LogP contribution in [0.15, 0.2) is 5.16 Å². The molecule has 1 fully saturated rings. The third-order valence-electron chi connectivity index (χ3n) is 3.01. The highest BCUT2D eigenvalue weighted by atomic mass is 16.5. The Kier molecular flexibility index (Phi) is 6.25. The fraction of sp³-hybridized carbons (Fsp3) is 0.909. The number of rotatable bonds is 6. The molecule has 0 saturated carbocycles. The fourth-order valence-corrected chi connectivity index (χ4v) is 1.95. The zero-order chi connectivity index (χ0) is 12.7. The molecule has 0 amide bonds. The van der Waals surface area contributed by atoms with Crippen LogP contribution in [-0.4, -0.2) is 60.9 Å². The Balaban J connectivity index is 2.21. The summed E-state index contributed by atoms with van der Waals surface area (Å²) in [5, 5.41) is 14.8. The first kappa shape index (κ1) is 14.2. The molecule has 0 aromatic rings. The van der Waals surface area contributed by atoms with Crippen molar-refractivity contribution in [2.24, 2.45) is 10.9 Å². The summed E-state index contributed by atoms with van der Waals surface area (Å²) in [7, 11) is 0. The molecule has 2 unspecified atom stereocenters. The van der Waals surface area contributed by atoms with Gasteiger partial charge in [-0.2, -0.15) is 0 Å². The standard InChI is InChI=1S/C11H24N4O2/c1-3-15-4-5-17-10(8-15)7-13-9(2)6-11(12)14-16/h9-10,13,16H,3-8H2,1-2H3,(H2,12,14). The van der Waals surface area contributed by atoms with Crippen LogP contribution in [0, 0.1) is 0 Å². The molecule has 1 heterocycles. The number of nitrogens with one attached hydrogen (secondary N) is 1. The minimum absolute atomic E-state index is 0.187. The summed E-state index contributed by atoms with van der Waals surface area (Å²) in [4.78, 5) is 2.38. The van der Waals surface area contributed by atoms with E-state index < -0.39 is 0 Å². The van der Waals surface area contributed by atoms with Gasteiger partial charge < -0.3 is 21.0 Å². The average molecular weight is 244 g/mol. The molecule has 1 rings (SSSR count). The Bertz CT molecular complexity index is 248. The van der Waals surface area contributed by atoms with Gasteiger partial charge in [0.05, 0.1) is 12.7 Å². The van der Waals surface area contributed by atoms with Gasteiger partial charge in [-0.15, -0.1) is 0 Å². The number of morpholine rings is 1. The summed E-state index contributed by atoms with van der Waals surface area (Å²) >= 11 is 0.